The molecule has 0 saturated heterocycles. The number of nitrogens with one attached hydrogen (secondary N) is 1. The number of benzene rings is 2. The van der Waals surface area contributed by atoms with Crippen LogP contribution in [-0.4, -0.2) is 26.9 Å². The van der Waals surface area contributed by atoms with Gasteiger partial charge in [-0.15, -0.1) is 0 Å². The SMILES string of the molecule is COc1ccc(NC(=O)Cn2cnc3c(-c4ccc(F)cc4)nsc3c2=O)cc1Cl. The minimum atomic E-state index is -0.414. The van der Waals surface area contributed by atoms with E-state index >= 15 is 0 Å². The van der Waals surface area contributed by atoms with E-state index in [-0.39, 0.29) is 17.9 Å². The first-order chi connectivity index (χ1) is 14.5. The van der Waals surface area contributed by atoms with Crippen molar-refractivity contribution in [3.8, 4) is 17.0 Å². The standard InChI is InChI=1S/C20H14ClFN4O3S/c1-29-15-7-6-13(8-14(15)21)24-16(27)9-26-10-23-18-17(25-30-19(18)20(26)28)11-2-4-12(22)5-3-11/h2-8,10H,9H2,1H3,(H,24,27). The molecule has 10 heteroatoms. The Morgan fingerprint density at radius 2 is 2.03 bits per heavy atom. The molecule has 2 heterocycles. The van der Waals surface area contributed by atoms with Gasteiger partial charge in [0.25, 0.3) is 5.56 Å². The quantitative estimate of drug-likeness (QED) is 0.503. The predicted molar refractivity (Wildman–Crippen MR) is 114 cm³/mol. The molecule has 7 nitrogen and oxygen atoms in total. The number of hydrogen-bond acceptors (Lipinski definition) is 6. The highest BCUT2D eigenvalue weighted by Crippen LogP contribution is 2.28. The zero-order chi connectivity index (χ0) is 21.3. The molecule has 2 aromatic heterocycles. The van der Waals surface area contributed by atoms with Gasteiger partial charge >= 0.3 is 0 Å². The molecular formula is C20H14ClFN4O3S. The second-order valence-electron chi connectivity index (χ2n) is 6.29. The van der Waals surface area contributed by atoms with E-state index in [4.69, 9.17) is 16.3 Å². The highest BCUT2D eigenvalue weighted by atomic mass is 35.5. The lowest BCUT2D eigenvalue weighted by molar-refractivity contribution is -0.116. The number of rotatable bonds is 5. The molecule has 0 spiro atoms. The minimum absolute atomic E-state index is 0.227. The summed E-state index contributed by atoms with van der Waals surface area (Å²) in [6.45, 7) is -0.227. The number of nitrogens with zero attached hydrogens (tertiary/aromatic N) is 3. The van der Waals surface area contributed by atoms with Crippen molar-refractivity contribution in [3.05, 3.63) is 70.0 Å². The average Bonchev–Trinajstić information content (AvgIpc) is 3.16. The first-order valence-corrected chi connectivity index (χ1v) is 9.85. The van der Waals surface area contributed by atoms with Crippen molar-refractivity contribution in [1.29, 1.82) is 0 Å². The molecule has 4 rings (SSSR count). The van der Waals surface area contributed by atoms with Crippen LogP contribution in [-0.2, 0) is 11.3 Å². The first kappa shape index (κ1) is 20.0. The molecule has 152 valence electrons. The monoisotopic (exact) mass is 444 g/mol. The molecule has 1 amide bonds. The lowest BCUT2D eigenvalue weighted by atomic mass is 10.1. The van der Waals surface area contributed by atoms with E-state index in [1.165, 1.54) is 30.1 Å². The predicted octanol–water partition coefficient (Wildman–Crippen LogP) is 3.96. The lowest BCUT2D eigenvalue weighted by Gasteiger charge is -2.09. The fraction of sp³-hybridized carbons (Fsp3) is 0.100. The number of hydrogen-bond donors (Lipinski definition) is 1. The van der Waals surface area contributed by atoms with Gasteiger partial charge in [0.1, 0.15) is 34.0 Å². The molecule has 0 bridgehead atoms. The van der Waals surface area contributed by atoms with E-state index in [9.17, 15) is 14.0 Å². The van der Waals surface area contributed by atoms with E-state index < -0.39 is 5.91 Å². The zero-order valence-electron chi connectivity index (χ0n) is 15.6. The molecule has 1 N–H and O–H groups in total. The van der Waals surface area contributed by atoms with Crippen LogP contribution in [0.15, 0.2) is 53.6 Å². The first-order valence-electron chi connectivity index (χ1n) is 8.70. The smallest absolute Gasteiger partial charge is 0.273 e. The van der Waals surface area contributed by atoms with Crippen molar-refractivity contribution < 1.29 is 13.9 Å². The molecule has 0 saturated carbocycles. The van der Waals surface area contributed by atoms with Gasteiger partial charge in [-0.3, -0.25) is 14.2 Å². The van der Waals surface area contributed by atoms with Gasteiger partial charge in [0.15, 0.2) is 0 Å². The Balaban J connectivity index is 1.57. The molecule has 0 aliphatic heterocycles. The fourth-order valence-electron chi connectivity index (χ4n) is 2.86. The van der Waals surface area contributed by atoms with Gasteiger partial charge in [0.2, 0.25) is 5.91 Å². The number of anilines is 1. The number of ether oxygens (including phenoxy) is 1. The molecule has 0 aliphatic rings. The van der Waals surface area contributed by atoms with Gasteiger partial charge in [0, 0.05) is 11.3 Å². The molecule has 4 aromatic rings. The van der Waals surface area contributed by atoms with Gasteiger partial charge in [-0.2, -0.15) is 4.37 Å². The maximum atomic E-state index is 13.2. The van der Waals surface area contributed by atoms with Crippen LogP contribution < -0.4 is 15.6 Å². The van der Waals surface area contributed by atoms with E-state index in [1.54, 1.807) is 30.3 Å². The van der Waals surface area contributed by atoms with Gasteiger partial charge < -0.3 is 10.1 Å². The lowest BCUT2D eigenvalue weighted by Crippen LogP contribution is -2.27. The van der Waals surface area contributed by atoms with Crippen LogP contribution in [0.4, 0.5) is 10.1 Å². The second kappa shape index (κ2) is 8.21. The molecule has 0 atom stereocenters. The van der Waals surface area contributed by atoms with E-state index in [2.05, 4.69) is 14.7 Å². The van der Waals surface area contributed by atoms with Crippen molar-refractivity contribution >= 4 is 44.9 Å². The van der Waals surface area contributed by atoms with Crippen LogP contribution >= 0.6 is 23.1 Å². The Hall–Kier alpha value is -3.30. The molecule has 0 fully saturated rings. The largest absolute Gasteiger partial charge is 0.495 e. The number of carbonyl (C=O) groups is 1. The molecular weight excluding hydrogens is 431 g/mol. The number of aromatic nitrogens is 3. The Bertz CT molecular complexity index is 1300. The molecule has 0 radical (unpaired) electrons. The Morgan fingerprint density at radius 1 is 1.27 bits per heavy atom. The summed E-state index contributed by atoms with van der Waals surface area (Å²) in [6, 6.07) is 10.6. The van der Waals surface area contributed by atoms with Gasteiger partial charge in [-0.05, 0) is 54.0 Å². The number of methoxy groups -OCH3 is 1. The highest BCUT2D eigenvalue weighted by molar-refractivity contribution is 7.13. The van der Waals surface area contributed by atoms with Crippen molar-refractivity contribution in [2.45, 2.75) is 6.54 Å². The maximum Gasteiger partial charge on any atom is 0.273 e. The summed E-state index contributed by atoms with van der Waals surface area (Å²) in [4.78, 5) is 29.4. The average molecular weight is 445 g/mol. The molecule has 0 unspecified atom stereocenters. The van der Waals surface area contributed by atoms with Gasteiger partial charge in [-0.25, -0.2) is 9.37 Å². The summed E-state index contributed by atoms with van der Waals surface area (Å²) in [5, 5.41) is 3.04. The maximum absolute atomic E-state index is 13.2. The molecule has 30 heavy (non-hydrogen) atoms. The molecule has 2 aromatic carbocycles. The minimum Gasteiger partial charge on any atom is -0.495 e. The Kier molecular flexibility index (Phi) is 5.47. The Labute approximate surface area is 178 Å². The third-order valence-electron chi connectivity index (χ3n) is 4.32. The third kappa shape index (κ3) is 3.89. The number of amides is 1. The fourth-order valence-corrected chi connectivity index (χ4v) is 3.93. The normalized spacial score (nSPS) is 10.9. The summed E-state index contributed by atoms with van der Waals surface area (Å²) in [6.07, 6.45) is 1.30. The van der Waals surface area contributed by atoms with Crippen LogP contribution in [0.25, 0.3) is 21.5 Å². The second-order valence-corrected chi connectivity index (χ2v) is 7.47. The number of fused-ring (bicyclic) bond motifs is 1. The van der Waals surface area contributed by atoms with E-state index in [1.807, 2.05) is 0 Å². The van der Waals surface area contributed by atoms with E-state index in [0.717, 1.165) is 11.5 Å². The van der Waals surface area contributed by atoms with Crippen LogP contribution in [0.3, 0.4) is 0 Å². The van der Waals surface area contributed by atoms with Crippen LogP contribution in [0.2, 0.25) is 5.02 Å². The summed E-state index contributed by atoms with van der Waals surface area (Å²) in [5.74, 6) is -0.289. The topological polar surface area (TPSA) is 86.1 Å². The zero-order valence-corrected chi connectivity index (χ0v) is 17.1. The highest BCUT2D eigenvalue weighted by Gasteiger charge is 2.16. The van der Waals surface area contributed by atoms with Crippen molar-refractivity contribution in [3.63, 3.8) is 0 Å². The third-order valence-corrected chi connectivity index (χ3v) is 5.44. The van der Waals surface area contributed by atoms with Crippen LogP contribution in [0, 0.1) is 5.82 Å². The number of carbonyl (C=O) groups excluding carboxylic acids is 1. The van der Waals surface area contributed by atoms with Crippen molar-refractivity contribution in [2.75, 3.05) is 12.4 Å². The molecule has 0 aliphatic carbocycles. The van der Waals surface area contributed by atoms with Gasteiger partial charge in [0.05, 0.1) is 18.5 Å². The summed E-state index contributed by atoms with van der Waals surface area (Å²) in [7, 11) is 1.50. The van der Waals surface area contributed by atoms with Gasteiger partial charge in [-0.1, -0.05) is 11.6 Å². The number of halogens is 2. The van der Waals surface area contributed by atoms with Crippen LogP contribution in [0.1, 0.15) is 0 Å². The van der Waals surface area contributed by atoms with Crippen LogP contribution in [0.5, 0.6) is 5.75 Å². The van der Waals surface area contributed by atoms with Crippen molar-refractivity contribution in [1.82, 2.24) is 13.9 Å². The summed E-state index contributed by atoms with van der Waals surface area (Å²) < 4.78 is 24.0. The van der Waals surface area contributed by atoms with E-state index in [0.29, 0.717) is 37.9 Å². The van der Waals surface area contributed by atoms with Crippen molar-refractivity contribution in [2.24, 2.45) is 0 Å². The summed E-state index contributed by atoms with van der Waals surface area (Å²) >= 11 is 7.05. The summed E-state index contributed by atoms with van der Waals surface area (Å²) in [5.41, 5.74) is 1.66. The Morgan fingerprint density at radius 3 is 2.73 bits per heavy atom.